The summed E-state index contributed by atoms with van der Waals surface area (Å²) >= 11 is 0. The van der Waals surface area contributed by atoms with Gasteiger partial charge in [-0.15, -0.1) is 0 Å². The van der Waals surface area contributed by atoms with Crippen LogP contribution in [0.1, 0.15) is 18.5 Å². The minimum Gasteiger partial charge on any atom is -0.392 e. The molecule has 1 aromatic heterocycles. The van der Waals surface area contributed by atoms with Crippen molar-refractivity contribution < 1.29 is 5.11 Å². The summed E-state index contributed by atoms with van der Waals surface area (Å²) in [7, 11) is 2.07. The standard InChI is InChI=1S/C11H18N2O/c1-12-6-2-4-10(12)8-13-7-3-5-11(14)9-13/h2,4,6,11,14H,3,5,7-9H2,1H3/t11-/m0/s1. The van der Waals surface area contributed by atoms with Gasteiger partial charge in [-0.1, -0.05) is 0 Å². The highest BCUT2D eigenvalue weighted by molar-refractivity contribution is 5.06. The lowest BCUT2D eigenvalue weighted by Crippen LogP contribution is -2.37. The van der Waals surface area contributed by atoms with Gasteiger partial charge in [-0.3, -0.25) is 4.90 Å². The first-order valence-corrected chi connectivity index (χ1v) is 5.26. The molecule has 0 radical (unpaired) electrons. The molecule has 1 atom stereocenters. The molecule has 1 fully saturated rings. The fourth-order valence-electron chi connectivity index (χ4n) is 2.06. The van der Waals surface area contributed by atoms with Gasteiger partial charge in [0, 0.05) is 32.0 Å². The van der Waals surface area contributed by atoms with E-state index in [0.717, 1.165) is 32.5 Å². The molecule has 0 aliphatic carbocycles. The Kier molecular flexibility index (Phi) is 2.89. The van der Waals surface area contributed by atoms with Gasteiger partial charge < -0.3 is 9.67 Å². The molecule has 3 nitrogen and oxygen atoms in total. The van der Waals surface area contributed by atoms with E-state index in [1.807, 2.05) is 0 Å². The van der Waals surface area contributed by atoms with E-state index in [9.17, 15) is 5.11 Å². The molecular weight excluding hydrogens is 176 g/mol. The second-order valence-electron chi connectivity index (χ2n) is 4.14. The molecule has 1 aliphatic heterocycles. The highest BCUT2D eigenvalue weighted by Gasteiger charge is 2.17. The molecule has 0 amide bonds. The highest BCUT2D eigenvalue weighted by Crippen LogP contribution is 2.13. The molecule has 1 aromatic rings. The maximum absolute atomic E-state index is 9.53. The van der Waals surface area contributed by atoms with E-state index in [1.165, 1.54) is 5.69 Å². The van der Waals surface area contributed by atoms with Crippen molar-refractivity contribution in [3.8, 4) is 0 Å². The van der Waals surface area contributed by atoms with Crippen LogP contribution in [0.25, 0.3) is 0 Å². The molecular formula is C11H18N2O. The number of piperidine rings is 1. The van der Waals surface area contributed by atoms with Crippen LogP contribution in [0.3, 0.4) is 0 Å². The molecule has 0 aromatic carbocycles. The molecule has 0 bridgehead atoms. The van der Waals surface area contributed by atoms with Gasteiger partial charge in [-0.05, 0) is 31.5 Å². The first-order chi connectivity index (χ1) is 6.75. The Morgan fingerprint density at radius 3 is 3.07 bits per heavy atom. The van der Waals surface area contributed by atoms with Crippen LogP contribution in [0.2, 0.25) is 0 Å². The van der Waals surface area contributed by atoms with E-state index < -0.39 is 0 Å². The molecule has 1 N–H and O–H groups in total. The van der Waals surface area contributed by atoms with Gasteiger partial charge in [-0.25, -0.2) is 0 Å². The molecule has 0 saturated carbocycles. The van der Waals surface area contributed by atoms with Crippen molar-refractivity contribution in [3.05, 3.63) is 24.0 Å². The maximum atomic E-state index is 9.53. The Bertz CT molecular complexity index is 295. The topological polar surface area (TPSA) is 28.4 Å². The van der Waals surface area contributed by atoms with Gasteiger partial charge in [0.25, 0.3) is 0 Å². The highest BCUT2D eigenvalue weighted by atomic mass is 16.3. The van der Waals surface area contributed by atoms with E-state index >= 15 is 0 Å². The molecule has 78 valence electrons. The first kappa shape index (κ1) is 9.74. The van der Waals surface area contributed by atoms with E-state index in [1.54, 1.807) is 0 Å². The van der Waals surface area contributed by atoms with E-state index in [2.05, 4.69) is 34.8 Å². The SMILES string of the molecule is Cn1cccc1CN1CCC[C@H](O)C1. The molecule has 2 heterocycles. The van der Waals surface area contributed by atoms with Gasteiger partial charge >= 0.3 is 0 Å². The van der Waals surface area contributed by atoms with Gasteiger partial charge in [0.1, 0.15) is 0 Å². The van der Waals surface area contributed by atoms with E-state index in [-0.39, 0.29) is 6.10 Å². The van der Waals surface area contributed by atoms with Gasteiger partial charge in [0.15, 0.2) is 0 Å². The summed E-state index contributed by atoms with van der Waals surface area (Å²) in [6.45, 7) is 2.90. The average molecular weight is 194 g/mol. The van der Waals surface area contributed by atoms with E-state index in [0.29, 0.717) is 0 Å². The summed E-state index contributed by atoms with van der Waals surface area (Å²) in [5.41, 5.74) is 1.32. The third-order valence-corrected chi connectivity index (χ3v) is 2.92. The second kappa shape index (κ2) is 4.15. The smallest absolute Gasteiger partial charge is 0.0667 e. The van der Waals surface area contributed by atoms with E-state index in [4.69, 9.17) is 0 Å². The molecule has 14 heavy (non-hydrogen) atoms. The first-order valence-electron chi connectivity index (χ1n) is 5.26. The van der Waals surface area contributed by atoms with Crippen LogP contribution in [0.4, 0.5) is 0 Å². The number of aliphatic hydroxyl groups excluding tert-OH is 1. The quantitative estimate of drug-likeness (QED) is 0.760. The molecule has 1 aliphatic rings. The number of hydrogen-bond donors (Lipinski definition) is 1. The number of nitrogens with zero attached hydrogens (tertiary/aromatic N) is 2. The fraction of sp³-hybridized carbons (Fsp3) is 0.636. The Balaban J connectivity index is 1.94. The van der Waals surface area contributed by atoms with Crippen molar-refractivity contribution in [1.82, 2.24) is 9.47 Å². The zero-order valence-corrected chi connectivity index (χ0v) is 8.69. The van der Waals surface area contributed by atoms with Crippen LogP contribution in [-0.2, 0) is 13.6 Å². The van der Waals surface area contributed by atoms with Gasteiger partial charge in [0.2, 0.25) is 0 Å². The molecule has 2 rings (SSSR count). The minimum absolute atomic E-state index is 0.121. The van der Waals surface area contributed by atoms with Crippen molar-refractivity contribution in [2.24, 2.45) is 7.05 Å². The lowest BCUT2D eigenvalue weighted by atomic mass is 10.1. The number of aliphatic hydroxyl groups is 1. The van der Waals surface area contributed by atoms with Crippen molar-refractivity contribution in [3.63, 3.8) is 0 Å². The Morgan fingerprint density at radius 2 is 2.43 bits per heavy atom. The summed E-state index contributed by atoms with van der Waals surface area (Å²) in [6, 6.07) is 4.21. The predicted octanol–water partition coefficient (Wildman–Crippen LogP) is 0.982. The molecule has 0 spiro atoms. The summed E-state index contributed by atoms with van der Waals surface area (Å²) in [5, 5.41) is 9.53. The Hall–Kier alpha value is -0.800. The van der Waals surface area contributed by atoms with Crippen molar-refractivity contribution in [1.29, 1.82) is 0 Å². The zero-order valence-electron chi connectivity index (χ0n) is 8.69. The Morgan fingerprint density at radius 1 is 1.57 bits per heavy atom. The lowest BCUT2D eigenvalue weighted by molar-refractivity contribution is 0.0658. The average Bonchev–Trinajstić information content (AvgIpc) is 2.52. The van der Waals surface area contributed by atoms with Gasteiger partial charge in [0.05, 0.1) is 6.10 Å². The number of aryl methyl sites for hydroxylation is 1. The number of β-amino-alcohol motifs (C(OH)–C–C–N with tert-alkyl or cyclic N) is 1. The normalized spacial score (nSPS) is 24.0. The third-order valence-electron chi connectivity index (χ3n) is 2.92. The van der Waals surface area contributed by atoms with Crippen LogP contribution in [-0.4, -0.2) is 33.8 Å². The number of rotatable bonds is 2. The Labute approximate surface area is 85.0 Å². The maximum Gasteiger partial charge on any atom is 0.0667 e. The predicted molar refractivity (Wildman–Crippen MR) is 55.9 cm³/mol. The summed E-state index contributed by atoms with van der Waals surface area (Å²) < 4.78 is 2.14. The van der Waals surface area contributed by atoms with Crippen LogP contribution < -0.4 is 0 Å². The zero-order chi connectivity index (χ0) is 9.97. The number of likely N-dealkylation sites (tertiary alicyclic amines) is 1. The second-order valence-corrected chi connectivity index (χ2v) is 4.14. The van der Waals surface area contributed by atoms with Crippen LogP contribution in [0.15, 0.2) is 18.3 Å². The van der Waals surface area contributed by atoms with Crippen molar-refractivity contribution >= 4 is 0 Å². The summed E-state index contributed by atoms with van der Waals surface area (Å²) in [5.74, 6) is 0. The monoisotopic (exact) mass is 194 g/mol. The van der Waals surface area contributed by atoms with Gasteiger partial charge in [-0.2, -0.15) is 0 Å². The van der Waals surface area contributed by atoms with Crippen molar-refractivity contribution in [2.45, 2.75) is 25.5 Å². The minimum atomic E-state index is -0.121. The van der Waals surface area contributed by atoms with Crippen LogP contribution in [0, 0.1) is 0 Å². The van der Waals surface area contributed by atoms with Crippen LogP contribution >= 0.6 is 0 Å². The summed E-state index contributed by atoms with van der Waals surface area (Å²) in [6.07, 6.45) is 4.02. The lowest BCUT2D eigenvalue weighted by Gasteiger charge is -2.29. The largest absolute Gasteiger partial charge is 0.392 e. The number of aromatic nitrogens is 1. The van der Waals surface area contributed by atoms with Crippen molar-refractivity contribution in [2.75, 3.05) is 13.1 Å². The summed E-state index contributed by atoms with van der Waals surface area (Å²) in [4.78, 5) is 2.32. The molecule has 0 unspecified atom stereocenters. The molecule has 3 heteroatoms. The third kappa shape index (κ3) is 2.16. The number of hydrogen-bond acceptors (Lipinski definition) is 2. The van der Waals surface area contributed by atoms with Crippen LogP contribution in [0.5, 0.6) is 0 Å². The molecule has 1 saturated heterocycles. The fourth-order valence-corrected chi connectivity index (χ4v) is 2.06.